The molecule has 2 aromatic carbocycles. The monoisotopic (exact) mass is 577 g/mol. The Labute approximate surface area is 226 Å². The molecule has 0 aliphatic carbocycles. The van der Waals surface area contributed by atoms with Gasteiger partial charge < -0.3 is 25.8 Å². The van der Waals surface area contributed by atoms with E-state index in [0.29, 0.717) is 10.5 Å². The first kappa shape index (κ1) is 29.2. The number of hydrogen-bond donors (Lipinski definition) is 4. The second-order valence-electron chi connectivity index (χ2n) is 7.70. The largest absolute Gasteiger partial charge is 0.480 e. The van der Waals surface area contributed by atoms with Gasteiger partial charge in [-0.3, -0.25) is 34.6 Å². The number of fused-ring (bicyclic) bond motifs is 1. The number of nitrogens with one attached hydrogen (secondary N) is 3. The molecule has 4 N–H and O–H groups in total. The van der Waals surface area contributed by atoms with E-state index in [2.05, 4.69) is 30.9 Å². The summed E-state index contributed by atoms with van der Waals surface area (Å²) in [4.78, 5) is 68.7. The summed E-state index contributed by atoms with van der Waals surface area (Å²) in [5.74, 6) is -3.16. The number of benzene rings is 2. The summed E-state index contributed by atoms with van der Waals surface area (Å²) in [6.07, 6.45) is -0.985. The summed E-state index contributed by atoms with van der Waals surface area (Å²) < 4.78 is 9.53. The molecule has 1 unspecified atom stereocenters. The lowest BCUT2D eigenvalue weighted by Gasteiger charge is -2.18. The number of ether oxygens (including phenoxy) is 1. The molecule has 1 heterocycles. The maximum Gasteiger partial charge on any atom is 0.407 e. The number of carboxylic acids is 1. The van der Waals surface area contributed by atoms with Gasteiger partial charge >= 0.3 is 17.7 Å². The Morgan fingerprint density at radius 3 is 2.33 bits per heavy atom. The van der Waals surface area contributed by atoms with Crippen molar-refractivity contribution in [2.45, 2.75) is 17.5 Å². The van der Waals surface area contributed by atoms with Gasteiger partial charge in [0.15, 0.2) is 5.52 Å². The molecule has 18 nitrogen and oxygen atoms in total. The number of carboxylic acid groups (broad SMARTS) is 1. The lowest BCUT2D eigenvalue weighted by atomic mass is 10.2. The number of carbonyl (C=O) groups is 4. The molecule has 1 aromatic heterocycles. The standard InChI is InChI=1S/C21H19N7O11S/c29-16(7-23-21(33)38-9-11-1-3-12(4-2-11)27(34)35)24-13(20(32)22-8-17(30)31)10-40-15-6-5-14(28(36)37)18-19(15)26-39-25-18/h1-6,13H,7-10H2,(H,22,32)(H,23,33)(H,24,29)(H,30,31). The molecule has 3 amide bonds. The minimum absolute atomic E-state index is 0.0488. The van der Waals surface area contributed by atoms with Crippen molar-refractivity contribution in [3.63, 3.8) is 0 Å². The SMILES string of the molecule is O=C(O)CNC(=O)C(CSc1ccc([N+](=O)[O-])c2nonc12)NC(=O)CNC(=O)OCc1ccc([N+](=O)[O-])cc1. The Hall–Kier alpha value is -5.33. The molecule has 0 aliphatic rings. The highest BCUT2D eigenvalue weighted by atomic mass is 32.2. The zero-order chi connectivity index (χ0) is 29.2. The summed E-state index contributed by atoms with van der Waals surface area (Å²) in [5.41, 5.74) is -0.105. The highest BCUT2D eigenvalue weighted by Gasteiger charge is 2.25. The van der Waals surface area contributed by atoms with Crippen LogP contribution in [0, 0.1) is 20.2 Å². The van der Waals surface area contributed by atoms with E-state index >= 15 is 0 Å². The van der Waals surface area contributed by atoms with Crippen molar-refractivity contribution >= 4 is 58.0 Å². The Kier molecular flexibility index (Phi) is 9.84. The number of nitrogens with zero attached hydrogens (tertiary/aromatic N) is 4. The van der Waals surface area contributed by atoms with Crippen LogP contribution in [0.5, 0.6) is 0 Å². The van der Waals surface area contributed by atoms with E-state index in [1.165, 1.54) is 36.4 Å². The summed E-state index contributed by atoms with van der Waals surface area (Å²) in [7, 11) is 0. The quantitative estimate of drug-likeness (QED) is 0.124. The molecule has 0 saturated heterocycles. The second kappa shape index (κ2) is 13.5. The van der Waals surface area contributed by atoms with Crippen LogP contribution in [0.3, 0.4) is 0 Å². The van der Waals surface area contributed by atoms with E-state index in [1.807, 2.05) is 0 Å². The van der Waals surface area contributed by atoms with Gasteiger partial charge in [-0.1, -0.05) is 0 Å². The molecule has 0 saturated carbocycles. The summed E-state index contributed by atoms with van der Waals surface area (Å²) >= 11 is 0.958. The van der Waals surface area contributed by atoms with Crippen molar-refractivity contribution in [3.05, 3.63) is 62.2 Å². The van der Waals surface area contributed by atoms with Crippen LogP contribution in [0.2, 0.25) is 0 Å². The maximum absolute atomic E-state index is 12.5. The van der Waals surface area contributed by atoms with Crippen molar-refractivity contribution < 1.29 is 43.5 Å². The van der Waals surface area contributed by atoms with Gasteiger partial charge in [0.25, 0.3) is 5.69 Å². The summed E-state index contributed by atoms with van der Waals surface area (Å²) in [6, 6.07) is 6.48. The van der Waals surface area contributed by atoms with Crippen LogP contribution in [0.4, 0.5) is 16.2 Å². The molecular weight excluding hydrogens is 558 g/mol. The molecular formula is C21H19N7O11S. The molecule has 3 rings (SSSR count). The number of amides is 3. The van der Waals surface area contributed by atoms with Crippen molar-refractivity contribution in [3.8, 4) is 0 Å². The average molecular weight is 577 g/mol. The number of rotatable bonds is 13. The lowest BCUT2D eigenvalue weighted by Crippen LogP contribution is -2.51. The molecule has 210 valence electrons. The molecule has 40 heavy (non-hydrogen) atoms. The third kappa shape index (κ3) is 8.08. The molecule has 19 heteroatoms. The molecule has 1 atom stereocenters. The zero-order valence-electron chi connectivity index (χ0n) is 20.1. The van der Waals surface area contributed by atoms with Crippen molar-refractivity contribution in [2.75, 3.05) is 18.8 Å². The Morgan fingerprint density at radius 2 is 1.68 bits per heavy atom. The van der Waals surface area contributed by atoms with Gasteiger partial charge in [0.1, 0.15) is 25.7 Å². The third-order valence-corrected chi connectivity index (χ3v) is 6.08. The van der Waals surface area contributed by atoms with Crippen LogP contribution in [-0.2, 0) is 25.7 Å². The Morgan fingerprint density at radius 1 is 0.975 bits per heavy atom. The molecule has 0 spiro atoms. The number of non-ortho nitro benzene ring substituents is 2. The molecule has 0 bridgehead atoms. The van der Waals surface area contributed by atoms with Crippen LogP contribution in [-0.4, -0.2) is 74.0 Å². The predicted octanol–water partition coefficient (Wildman–Crippen LogP) is 0.743. The number of carbonyl (C=O) groups excluding carboxylic acids is 3. The summed E-state index contributed by atoms with van der Waals surface area (Å²) in [5, 5.41) is 44.5. The van der Waals surface area contributed by atoms with Gasteiger partial charge in [-0.05, 0) is 34.1 Å². The maximum atomic E-state index is 12.5. The number of aromatic nitrogens is 2. The predicted molar refractivity (Wildman–Crippen MR) is 133 cm³/mol. The minimum Gasteiger partial charge on any atom is -0.480 e. The fourth-order valence-electron chi connectivity index (χ4n) is 3.05. The smallest absolute Gasteiger partial charge is 0.407 e. The fraction of sp³-hybridized carbons (Fsp3) is 0.238. The van der Waals surface area contributed by atoms with Crippen LogP contribution >= 0.6 is 11.8 Å². The van der Waals surface area contributed by atoms with Crippen LogP contribution in [0.1, 0.15) is 5.56 Å². The van der Waals surface area contributed by atoms with E-state index < -0.39 is 52.9 Å². The number of alkyl carbamates (subject to hydrolysis) is 1. The van der Waals surface area contributed by atoms with E-state index in [0.717, 1.165) is 11.8 Å². The Bertz CT molecular complexity index is 1440. The topological polar surface area (TPSA) is 259 Å². The van der Waals surface area contributed by atoms with Gasteiger partial charge in [-0.25, -0.2) is 9.42 Å². The Balaban J connectivity index is 1.57. The van der Waals surface area contributed by atoms with Gasteiger partial charge in [-0.15, -0.1) is 11.8 Å². The zero-order valence-corrected chi connectivity index (χ0v) is 20.9. The number of nitro benzene ring substituents is 2. The van der Waals surface area contributed by atoms with Crippen LogP contribution in [0.25, 0.3) is 11.0 Å². The number of hydrogen-bond acceptors (Lipinski definition) is 13. The molecule has 0 fully saturated rings. The van der Waals surface area contributed by atoms with Crippen LogP contribution < -0.4 is 16.0 Å². The average Bonchev–Trinajstić information content (AvgIpc) is 3.41. The van der Waals surface area contributed by atoms with E-state index in [1.54, 1.807) is 0 Å². The van der Waals surface area contributed by atoms with Gasteiger partial charge in [0.2, 0.25) is 17.3 Å². The highest BCUT2D eigenvalue weighted by molar-refractivity contribution is 7.99. The van der Waals surface area contributed by atoms with E-state index in [9.17, 15) is 39.4 Å². The van der Waals surface area contributed by atoms with Gasteiger partial charge in [0, 0.05) is 28.8 Å². The number of aliphatic carboxylic acids is 1. The van der Waals surface area contributed by atoms with Gasteiger partial charge in [-0.2, -0.15) is 0 Å². The van der Waals surface area contributed by atoms with E-state index in [-0.39, 0.29) is 34.8 Å². The van der Waals surface area contributed by atoms with Crippen molar-refractivity contribution in [2.24, 2.45) is 0 Å². The molecule has 0 radical (unpaired) electrons. The van der Waals surface area contributed by atoms with Crippen molar-refractivity contribution in [1.29, 1.82) is 0 Å². The van der Waals surface area contributed by atoms with Crippen LogP contribution in [0.15, 0.2) is 45.9 Å². The first-order valence-corrected chi connectivity index (χ1v) is 12.0. The molecule has 0 aliphatic heterocycles. The fourth-order valence-corrected chi connectivity index (χ4v) is 4.06. The van der Waals surface area contributed by atoms with Gasteiger partial charge in [0.05, 0.1) is 9.85 Å². The number of nitro groups is 2. The summed E-state index contributed by atoms with van der Waals surface area (Å²) in [6.45, 7) is -1.57. The van der Waals surface area contributed by atoms with Crippen molar-refractivity contribution in [1.82, 2.24) is 26.3 Å². The first-order valence-electron chi connectivity index (χ1n) is 11.0. The van der Waals surface area contributed by atoms with E-state index in [4.69, 9.17) is 9.84 Å². The highest BCUT2D eigenvalue weighted by Crippen LogP contribution is 2.31. The number of thioether (sulfide) groups is 1. The third-order valence-electron chi connectivity index (χ3n) is 4.94. The lowest BCUT2D eigenvalue weighted by molar-refractivity contribution is -0.384. The normalized spacial score (nSPS) is 11.3. The second-order valence-corrected chi connectivity index (χ2v) is 8.76. The minimum atomic E-state index is -1.32. The molecule has 3 aromatic rings. The first-order chi connectivity index (χ1) is 19.0.